The zero-order chi connectivity index (χ0) is 19.4. The molecule has 3 rings (SSSR count). The number of aromatic nitrogens is 1. The summed E-state index contributed by atoms with van der Waals surface area (Å²) in [5, 5.41) is 6.45. The first-order chi connectivity index (χ1) is 12.8. The Balaban J connectivity index is 1.51. The third-order valence-corrected chi connectivity index (χ3v) is 4.39. The van der Waals surface area contributed by atoms with Crippen LogP contribution in [0.25, 0.3) is 10.9 Å². The van der Waals surface area contributed by atoms with E-state index in [1.165, 1.54) is 6.07 Å². The number of H-pyrrole nitrogens is 1. The van der Waals surface area contributed by atoms with Crippen molar-refractivity contribution < 1.29 is 18.0 Å². The van der Waals surface area contributed by atoms with Crippen molar-refractivity contribution >= 4 is 16.9 Å². The number of hydrogen-bond donors (Lipinski definition) is 3. The van der Waals surface area contributed by atoms with Gasteiger partial charge in [0.05, 0.1) is 5.56 Å². The highest BCUT2D eigenvalue weighted by atomic mass is 19.4. The Morgan fingerprint density at radius 2 is 1.85 bits per heavy atom. The number of benzene rings is 2. The standard InChI is InChI=1S/C20H20F3N3O/c1-13-16(17-7-2-3-8-18(17)26-13)9-10-24-19(27)25-12-14-5-4-6-15(11-14)20(21,22)23/h2-8,11,26H,9-10,12H2,1H3,(H2,24,25,27). The third kappa shape index (κ3) is 4.61. The van der Waals surface area contributed by atoms with Crippen LogP contribution in [0.5, 0.6) is 0 Å². The Bertz CT molecular complexity index is 947. The lowest BCUT2D eigenvalue weighted by atomic mass is 10.1. The minimum Gasteiger partial charge on any atom is -0.358 e. The number of carbonyl (C=O) groups excluding carboxylic acids is 1. The van der Waals surface area contributed by atoms with Crippen LogP contribution in [0.15, 0.2) is 48.5 Å². The summed E-state index contributed by atoms with van der Waals surface area (Å²) in [5.74, 6) is 0. The van der Waals surface area contributed by atoms with Crippen molar-refractivity contribution in [3.05, 3.63) is 70.9 Å². The summed E-state index contributed by atoms with van der Waals surface area (Å²) in [6.07, 6.45) is -3.73. The van der Waals surface area contributed by atoms with Crippen LogP contribution in [0, 0.1) is 6.92 Å². The molecule has 0 bridgehead atoms. The molecule has 0 fully saturated rings. The lowest BCUT2D eigenvalue weighted by molar-refractivity contribution is -0.137. The quantitative estimate of drug-likeness (QED) is 0.603. The molecule has 7 heteroatoms. The van der Waals surface area contributed by atoms with Crippen LogP contribution < -0.4 is 10.6 Å². The van der Waals surface area contributed by atoms with Crippen molar-refractivity contribution in [2.45, 2.75) is 26.1 Å². The lowest BCUT2D eigenvalue weighted by Gasteiger charge is -2.10. The van der Waals surface area contributed by atoms with E-state index in [4.69, 9.17) is 0 Å². The number of halogens is 3. The van der Waals surface area contributed by atoms with Crippen LogP contribution >= 0.6 is 0 Å². The molecule has 0 aliphatic rings. The summed E-state index contributed by atoms with van der Waals surface area (Å²) in [6, 6.07) is 12.5. The van der Waals surface area contributed by atoms with Gasteiger partial charge in [-0.05, 0) is 42.7 Å². The summed E-state index contributed by atoms with van der Waals surface area (Å²) in [6.45, 7) is 2.45. The second-order valence-electron chi connectivity index (χ2n) is 6.33. The van der Waals surface area contributed by atoms with E-state index in [0.717, 1.165) is 34.3 Å². The largest absolute Gasteiger partial charge is 0.416 e. The van der Waals surface area contributed by atoms with Gasteiger partial charge in [-0.3, -0.25) is 0 Å². The number of hydrogen-bond acceptors (Lipinski definition) is 1. The summed E-state index contributed by atoms with van der Waals surface area (Å²) >= 11 is 0. The molecule has 27 heavy (non-hydrogen) atoms. The predicted molar refractivity (Wildman–Crippen MR) is 98.4 cm³/mol. The lowest BCUT2D eigenvalue weighted by Crippen LogP contribution is -2.36. The van der Waals surface area contributed by atoms with Gasteiger partial charge in [-0.1, -0.05) is 30.3 Å². The van der Waals surface area contributed by atoms with E-state index < -0.39 is 17.8 Å². The van der Waals surface area contributed by atoms with Crippen LogP contribution in [-0.4, -0.2) is 17.6 Å². The molecule has 1 aromatic heterocycles. The number of aromatic amines is 1. The minimum absolute atomic E-state index is 0.0296. The topological polar surface area (TPSA) is 56.9 Å². The van der Waals surface area contributed by atoms with E-state index in [2.05, 4.69) is 15.6 Å². The van der Waals surface area contributed by atoms with Gasteiger partial charge in [0, 0.05) is 29.7 Å². The molecule has 2 aromatic carbocycles. The number of nitrogens with one attached hydrogen (secondary N) is 3. The van der Waals surface area contributed by atoms with Crippen LogP contribution in [-0.2, 0) is 19.1 Å². The maximum Gasteiger partial charge on any atom is 0.416 e. The summed E-state index contributed by atoms with van der Waals surface area (Å²) in [7, 11) is 0. The number of rotatable bonds is 5. The fourth-order valence-corrected chi connectivity index (χ4v) is 3.06. The monoisotopic (exact) mass is 375 g/mol. The third-order valence-electron chi connectivity index (χ3n) is 4.39. The summed E-state index contributed by atoms with van der Waals surface area (Å²) in [4.78, 5) is 15.2. The van der Waals surface area contributed by atoms with Gasteiger partial charge >= 0.3 is 12.2 Å². The highest BCUT2D eigenvalue weighted by Crippen LogP contribution is 2.29. The fourth-order valence-electron chi connectivity index (χ4n) is 3.06. The highest BCUT2D eigenvalue weighted by Gasteiger charge is 2.30. The van der Waals surface area contributed by atoms with Crippen LogP contribution in [0.4, 0.5) is 18.0 Å². The Labute approximate surface area is 154 Å². The number of urea groups is 1. The average Bonchev–Trinajstić information content (AvgIpc) is 2.95. The molecule has 0 saturated heterocycles. The Hall–Kier alpha value is -2.96. The van der Waals surface area contributed by atoms with E-state index in [0.29, 0.717) is 18.5 Å². The van der Waals surface area contributed by atoms with E-state index in [9.17, 15) is 18.0 Å². The Morgan fingerprint density at radius 3 is 2.63 bits per heavy atom. The van der Waals surface area contributed by atoms with Crippen molar-refractivity contribution in [2.24, 2.45) is 0 Å². The van der Waals surface area contributed by atoms with E-state index in [1.807, 2.05) is 31.2 Å². The first-order valence-corrected chi connectivity index (χ1v) is 8.58. The molecule has 0 aliphatic carbocycles. The molecule has 4 nitrogen and oxygen atoms in total. The van der Waals surface area contributed by atoms with Gasteiger partial charge in [-0.2, -0.15) is 13.2 Å². The van der Waals surface area contributed by atoms with Crippen molar-refractivity contribution in [1.82, 2.24) is 15.6 Å². The minimum atomic E-state index is -4.39. The number of fused-ring (bicyclic) bond motifs is 1. The van der Waals surface area contributed by atoms with Gasteiger partial charge in [0.15, 0.2) is 0 Å². The molecule has 0 atom stereocenters. The van der Waals surface area contributed by atoms with Crippen LogP contribution in [0.1, 0.15) is 22.4 Å². The maximum absolute atomic E-state index is 12.7. The highest BCUT2D eigenvalue weighted by molar-refractivity contribution is 5.84. The molecule has 0 saturated carbocycles. The second-order valence-corrected chi connectivity index (χ2v) is 6.33. The average molecular weight is 375 g/mol. The van der Waals surface area contributed by atoms with Gasteiger partial charge in [0.25, 0.3) is 0 Å². The Kier molecular flexibility index (Phi) is 5.39. The van der Waals surface area contributed by atoms with Gasteiger partial charge in [0.1, 0.15) is 0 Å². The van der Waals surface area contributed by atoms with Gasteiger partial charge in [-0.15, -0.1) is 0 Å². The van der Waals surface area contributed by atoms with E-state index in [-0.39, 0.29) is 6.54 Å². The van der Waals surface area contributed by atoms with Gasteiger partial charge < -0.3 is 15.6 Å². The smallest absolute Gasteiger partial charge is 0.358 e. The zero-order valence-corrected chi connectivity index (χ0v) is 14.8. The molecule has 1 heterocycles. The molecular formula is C20H20F3N3O. The molecular weight excluding hydrogens is 355 g/mol. The van der Waals surface area contributed by atoms with Crippen molar-refractivity contribution in [3.63, 3.8) is 0 Å². The fraction of sp³-hybridized carbons (Fsp3) is 0.250. The SMILES string of the molecule is Cc1[nH]c2ccccc2c1CCNC(=O)NCc1cccc(C(F)(F)F)c1. The summed E-state index contributed by atoms with van der Waals surface area (Å²) < 4.78 is 38.1. The number of alkyl halides is 3. The molecule has 2 amide bonds. The molecule has 142 valence electrons. The van der Waals surface area contributed by atoms with Crippen molar-refractivity contribution in [2.75, 3.05) is 6.54 Å². The maximum atomic E-state index is 12.7. The first-order valence-electron chi connectivity index (χ1n) is 8.58. The summed E-state index contributed by atoms with van der Waals surface area (Å²) in [5.41, 5.74) is 2.93. The number of amides is 2. The second kappa shape index (κ2) is 7.73. The molecule has 0 aliphatic heterocycles. The van der Waals surface area contributed by atoms with E-state index >= 15 is 0 Å². The Morgan fingerprint density at radius 1 is 1.07 bits per heavy atom. The van der Waals surface area contributed by atoms with Gasteiger partial charge in [0.2, 0.25) is 0 Å². The first kappa shape index (κ1) is 18.8. The number of para-hydroxylation sites is 1. The zero-order valence-electron chi connectivity index (χ0n) is 14.8. The molecule has 0 radical (unpaired) electrons. The van der Waals surface area contributed by atoms with Crippen molar-refractivity contribution in [3.8, 4) is 0 Å². The van der Waals surface area contributed by atoms with E-state index in [1.54, 1.807) is 6.07 Å². The number of carbonyl (C=O) groups is 1. The predicted octanol–water partition coefficient (Wildman–Crippen LogP) is 4.54. The van der Waals surface area contributed by atoms with Crippen LogP contribution in [0.2, 0.25) is 0 Å². The number of aryl methyl sites for hydroxylation is 1. The van der Waals surface area contributed by atoms with Crippen LogP contribution in [0.3, 0.4) is 0 Å². The molecule has 0 spiro atoms. The molecule has 3 aromatic rings. The van der Waals surface area contributed by atoms with Gasteiger partial charge in [-0.25, -0.2) is 4.79 Å². The van der Waals surface area contributed by atoms with Crippen molar-refractivity contribution in [1.29, 1.82) is 0 Å². The normalized spacial score (nSPS) is 11.6. The molecule has 0 unspecified atom stereocenters. The molecule has 3 N–H and O–H groups in total.